The monoisotopic (exact) mass is 310 g/mol. The normalized spacial score (nSPS) is 10.9. The predicted octanol–water partition coefficient (Wildman–Crippen LogP) is 4.70. The van der Waals surface area contributed by atoms with Crippen LogP contribution < -0.4 is 0 Å². The molecule has 0 atom stereocenters. The van der Waals surface area contributed by atoms with E-state index in [-0.39, 0.29) is 5.82 Å². The van der Waals surface area contributed by atoms with Gasteiger partial charge in [-0.2, -0.15) is 0 Å². The van der Waals surface area contributed by atoms with Gasteiger partial charge in [0, 0.05) is 27.6 Å². The molecule has 0 bridgehead atoms. The van der Waals surface area contributed by atoms with Crippen LogP contribution in [-0.2, 0) is 0 Å². The lowest BCUT2D eigenvalue weighted by atomic mass is 9.98. The molecule has 0 radical (unpaired) electrons. The average Bonchev–Trinajstić information content (AvgIpc) is 2.52. The molecule has 0 aliphatic carbocycles. The van der Waals surface area contributed by atoms with E-state index in [0.717, 1.165) is 21.6 Å². The third-order valence-electron chi connectivity index (χ3n) is 3.92. The molecule has 0 amide bonds. The van der Waals surface area contributed by atoms with Crippen molar-refractivity contribution in [3.05, 3.63) is 70.7 Å². The quantitative estimate of drug-likeness (QED) is 0.522. The minimum Gasteiger partial charge on any atom is -0.300 e. The molecular weight excluding hydrogens is 295 g/mol. The van der Waals surface area contributed by atoms with Crippen LogP contribution in [0.5, 0.6) is 0 Å². The molecular formula is C18H15FN2S. The smallest absolute Gasteiger partial charge is 0.149 e. The first-order chi connectivity index (χ1) is 10.5. The standard InChI is InChI=1S/C18H15FN2S/c1-10-6-7-14(18(22)11(10)2)16(20)13-8-12-4-3-5-15(19)17(12)21-9-13/h3-9,20,22H,1-2H3. The van der Waals surface area contributed by atoms with E-state index in [1.807, 2.05) is 26.0 Å². The number of nitrogens with one attached hydrogen (secondary N) is 1. The molecule has 110 valence electrons. The Labute approximate surface area is 133 Å². The van der Waals surface area contributed by atoms with E-state index in [1.165, 1.54) is 12.3 Å². The fourth-order valence-electron chi connectivity index (χ4n) is 2.42. The first kappa shape index (κ1) is 14.7. The molecule has 0 spiro atoms. The molecule has 3 aromatic rings. The fraction of sp³-hybridized carbons (Fsp3) is 0.111. The molecule has 0 fully saturated rings. The van der Waals surface area contributed by atoms with Gasteiger partial charge >= 0.3 is 0 Å². The van der Waals surface area contributed by atoms with Crippen LogP contribution in [0.1, 0.15) is 22.3 Å². The minimum absolute atomic E-state index is 0.324. The Kier molecular flexibility index (Phi) is 3.71. The highest BCUT2D eigenvalue weighted by Gasteiger charge is 2.13. The van der Waals surface area contributed by atoms with E-state index >= 15 is 0 Å². The molecule has 0 saturated heterocycles. The van der Waals surface area contributed by atoms with Gasteiger partial charge in [-0.25, -0.2) is 4.39 Å². The van der Waals surface area contributed by atoms with Crippen LogP contribution in [-0.4, -0.2) is 10.7 Å². The van der Waals surface area contributed by atoms with Crippen LogP contribution in [0, 0.1) is 25.1 Å². The SMILES string of the molecule is Cc1ccc(C(=N)c2cnc3c(F)cccc3c2)c(S)c1C. The largest absolute Gasteiger partial charge is 0.300 e. The van der Waals surface area contributed by atoms with E-state index in [0.29, 0.717) is 22.2 Å². The topological polar surface area (TPSA) is 36.7 Å². The molecule has 3 rings (SSSR count). The fourth-order valence-corrected chi connectivity index (χ4v) is 2.78. The van der Waals surface area contributed by atoms with E-state index in [9.17, 15) is 4.39 Å². The number of hydrogen-bond donors (Lipinski definition) is 2. The van der Waals surface area contributed by atoms with Gasteiger partial charge < -0.3 is 0 Å². The summed E-state index contributed by atoms with van der Waals surface area (Å²) in [7, 11) is 0. The number of benzene rings is 2. The summed E-state index contributed by atoms with van der Waals surface area (Å²) in [6.45, 7) is 4.01. The lowest BCUT2D eigenvalue weighted by Crippen LogP contribution is -2.05. The van der Waals surface area contributed by atoms with E-state index in [2.05, 4.69) is 17.6 Å². The highest BCUT2D eigenvalue weighted by atomic mass is 32.1. The Bertz CT molecular complexity index is 903. The zero-order valence-corrected chi connectivity index (χ0v) is 13.2. The molecule has 0 unspecified atom stereocenters. The highest BCUT2D eigenvalue weighted by Crippen LogP contribution is 2.25. The maximum Gasteiger partial charge on any atom is 0.149 e. The van der Waals surface area contributed by atoms with Gasteiger partial charge in [0.05, 0.1) is 5.71 Å². The van der Waals surface area contributed by atoms with E-state index in [1.54, 1.807) is 18.2 Å². The summed E-state index contributed by atoms with van der Waals surface area (Å²) < 4.78 is 13.7. The first-order valence-electron chi connectivity index (χ1n) is 6.92. The van der Waals surface area contributed by atoms with Crippen molar-refractivity contribution in [2.45, 2.75) is 18.7 Å². The second kappa shape index (κ2) is 5.54. The Morgan fingerprint density at radius 2 is 1.95 bits per heavy atom. The molecule has 0 aliphatic rings. The zero-order chi connectivity index (χ0) is 15.9. The van der Waals surface area contributed by atoms with Crippen molar-refractivity contribution >= 4 is 29.2 Å². The van der Waals surface area contributed by atoms with Crippen molar-refractivity contribution in [2.75, 3.05) is 0 Å². The van der Waals surface area contributed by atoms with Crippen molar-refractivity contribution in [3.8, 4) is 0 Å². The van der Waals surface area contributed by atoms with Crippen LogP contribution in [0.25, 0.3) is 10.9 Å². The summed E-state index contributed by atoms with van der Waals surface area (Å²) in [5, 5.41) is 9.11. The summed E-state index contributed by atoms with van der Waals surface area (Å²) >= 11 is 4.54. The number of aryl methyl sites for hydroxylation is 1. The van der Waals surface area contributed by atoms with Crippen LogP contribution in [0.2, 0.25) is 0 Å². The molecule has 1 heterocycles. The van der Waals surface area contributed by atoms with Gasteiger partial charge in [-0.15, -0.1) is 12.6 Å². The van der Waals surface area contributed by atoms with Gasteiger partial charge in [0.1, 0.15) is 11.3 Å². The summed E-state index contributed by atoms with van der Waals surface area (Å²) in [5.74, 6) is -0.350. The second-order valence-electron chi connectivity index (χ2n) is 5.31. The zero-order valence-electron chi connectivity index (χ0n) is 12.3. The average molecular weight is 310 g/mol. The number of nitrogens with zero attached hydrogens (tertiary/aromatic N) is 1. The Balaban J connectivity index is 2.12. The first-order valence-corrected chi connectivity index (χ1v) is 7.36. The number of rotatable bonds is 2. The van der Waals surface area contributed by atoms with Crippen molar-refractivity contribution in [2.24, 2.45) is 0 Å². The van der Waals surface area contributed by atoms with Crippen LogP contribution >= 0.6 is 12.6 Å². The number of pyridine rings is 1. The number of halogens is 1. The van der Waals surface area contributed by atoms with Gasteiger partial charge in [-0.1, -0.05) is 24.3 Å². The summed E-state index contributed by atoms with van der Waals surface area (Å²) in [5.41, 5.74) is 4.27. The minimum atomic E-state index is -0.350. The van der Waals surface area contributed by atoms with Crippen LogP contribution in [0.15, 0.2) is 47.5 Å². The third-order valence-corrected chi connectivity index (χ3v) is 4.50. The van der Waals surface area contributed by atoms with Gasteiger partial charge in [0.15, 0.2) is 0 Å². The van der Waals surface area contributed by atoms with Gasteiger partial charge in [0.2, 0.25) is 0 Å². The van der Waals surface area contributed by atoms with Gasteiger partial charge in [-0.3, -0.25) is 10.4 Å². The van der Waals surface area contributed by atoms with Crippen molar-refractivity contribution < 1.29 is 4.39 Å². The predicted molar refractivity (Wildman–Crippen MR) is 90.8 cm³/mol. The molecule has 1 N–H and O–H groups in total. The molecule has 22 heavy (non-hydrogen) atoms. The van der Waals surface area contributed by atoms with Crippen LogP contribution in [0.3, 0.4) is 0 Å². The van der Waals surface area contributed by atoms with Crippen molar-refractivity contribution in [1.82, 2.24) is 4.98 Å². The third kappa shape index (κ3) is 2.40. The van der Waals surface area contributed by atoms with E-state index < -0.39 is 0 Å². The second-order valence-corrected chi connectivity index (χ2v) is 5.76. The van der Waals surface area contributed by atoms with E-state index in [4.69, 9.17) is 5.41 Å². The number of aromatic nitrogens is 1. The number of fused-ring (bicyclic) bond motifs is 1. The maximum atomic E-state index is 13.7. The Hall–Kier alpha value is -2.20. The highest BCUT2D eigenvalue weighted by molar-refractivity contribution is 7.80. The molecule has 2 aromatic carbocycles. The summed E-state index contributed by atoms with van der Waals surface area (Å²) in [6.07, 6.45) is 1.54. The number of hydrogen-bond acceptors (Lipinski definition) is 3. The van der Waals surface area contributed by atoms with Crippen molar-refractivity contribution in [3.63, 3.8) is 0 Å². The van der Waals surface area contributed by atoms with Gasteiger partial charge in [-0.05, 0) is 37.1 Å². The van der Waals surface area contributed by atoms with Crippen molar-refractivity contribution in [1.29, 1.82) is 5.41 Å². The molecule has 2 nitrogen and oxygen atoms in total. The summed E-state index contributed by atoms with van der Waals surface area (Å²) in [4.78, 5) is 4.95. The van der Waals surface area contributed by atoms with Gasteiger partial charge in [0.25, 0.3) is 0 Å². The lowest BCUT2D eigenvalue weighted by Gasteiger charge is -2.12. The Morgan fingerprint density at radius 1 is 1.18 bits per heavy atom. The number of thiol groups is 1. The maximum absolute atomic E-state index is 13.7. The molecule has 0 aliphatic heterocycles. The molecule has 0 saturated carbocycles. The molecule has 4 heteroatoms. The van der Waals surface area contributed by atoms with Crippen LogP contribution in [0.4, 0.5) is 4.39 Å². The Morgan fingerprint density at radius 3 is 2.73 bits per heavy atom. The lowest BCUT2D eigenvalue weighted by molar-refractivity contribution is 0.637. The number of para-hydroxylation sites is 1. The molecule has 1 aromatic heterocycles. The summed E-state index contributed by atoms with van der Waals surface area (Å²) in [6, 6.07) is 10.5.